The van der Waals surface area contributed by atoms with Gasteiger partial charge in [-0.2, -0.15) is 0 Å². The maximum atomic E-state index is 4.51. The molecule has 0 bridgehead atoms. The van der Waals surface area contributed by atoms with Crippen molar-refractivity contribution in [2.75, 3.05) is 6.54 Å². The van der Waals surface area contributed by atoms with Crippen molar-refractivity contribution in [1.29, 1.82) is 0 Å². The van der Waals surface area contributed by atoms with Gasteiger partial charge in [-0.15, -0.1) is 0 Å². The Morgan fingerprint density at radius 2 is 1.95 bits per heavy atom. The third-order valence-corrected chi connectivity index (χ3v) is 3.83. The molecule has 2 nitrogen and oxygen atoms in total. The Bertz CT molecular complexity index is 496. The monoisotopic (exact) mass is 332 g/mol. The van der Waals surface area contributed by atoms with Crippen molar-refractivity contribution in [2.24, 2.45) is 0 Å². The third-order valence-electron chi connectivity index (χ3n) is 3.36. The molecule has 0 radical (unpaired) electrons. The number of hydrogen-bond acceptors (Lipinski definition) is 2. The minimum absolute atomic E-state index is 0.344. The Morgan fingerprint density at radius 1 is 1.15 bits per heavy atom. The van der Waals surface area contributed by atoms with Crippen LogP contribution in [0.2, 0.25) is 0 Å². The minimum Gasteiger partial charge on any atom is -0.309 e. The molecule has 0 saturated carbocycles. The largest absolute Gasteiger partial charge is 0.309 e. The quantitative estimate of drug-likeness (QED) is 0.806. The topological polar surface area (TPSA) is 24.9 Å². The highest BCUT2D eigenvalue weighted by Gasteiger charge is 2.11. The van der Waals surface area contributed by atoms with E-state index in [-0.39, 0.29) is 0 Å². The van der Waals surface area contributed by atoms with Crippen LogP contribution < -0.4 is 5.32 Å². The van der Waals surface area contributed by atoms with Gasteiger partial charge in [0.05, 0.1) is 5.69 Å². The lowest BCUT2D eigenvalue weighted by molar-refractivity contribution is 0.487. The maximum absolute atomic E-state index is 4.51. The normalized spacial score (nSPS) is 12.3. The summed E-state index contributed by atoms with van der Waals surface area (Å²) in [7, 11) is 0. The molecular formula is C17H21BrN2. The summed E-state index contributed by atoms with van der Waals surface area (Å²) in [4.78, 5) is 4.51. The van der Waals surface area contributed by atoms with Crippen LogP contribution >= 0.6 is 15.9 Å². The minimum atomic E-state index is 0.344. The van der Waals surface area contributed by atoms with Gasteiger partial charge in [-0.3, -0.25) is 4.98 Å². The molecule has 0 aliphatic heterocycles. The average molecular weight is 333 g/mol. The van der Waals surface area contributed by atoms with Gasteiger partial charge in [0.1, 0.15) is 0 Å². The van der Waals surface area contributed by atoms with Crippen molar-refractivity contribution in [1.82, 2.24) is 10.3 Å². The van der Waals surface area contributed by atoms with Crippen LogP contribution in [0.25, 0.3) is 0 Å². The zero-order chi connectivity index (χ0) is 14.2. The van der Waals surface area contributed by atoms with E-state index in [0.29, 0.717) is 6.04 Å². The average Bonchev–Trinajstić information content (AvgIpc) is 2.48. The number of rotatable bonds is 7. The Hall–Kier alpha value is -1.19. The van der Waals surface area contributed by atoms with Crippen LogP contribution in [0.1, 0.15) is 37.1 Å². The number of hydrogen-bond donors (Lipinski definition) is 1. The molecule has 0 spiro atoms. The number of aryl methyl sites for hydroxylation is 1. The molecular weight excluding hydrogens is 312 g/mol. The number of benzene rings is 1. The SMILES string of the molecule is CCNC(CCCc1ccccc1)c1ccc(Br)cn1. The number of nitrogens with zero attached hydrogens (tertiary/aromatic N) is 1. The fourth-order valence-electron chi connectivity index (χ4n) is 2.35. The predicted octanol–water partition coefficient (Wildman–Crippen LogP) is 4.52. The summed E-state index contributed by atoms with van der Waals surface area (Å²) in [5.41, 5.74) is 2.54. The number of aromatic nitrogens is 1. The molecule has 1 aromatic carbocycles. The zero-order valence-electron chi connectivity index (χ0n) is 11.8. The zero-order valence-corrected chi connectivity index (χ0v) is 13.4. The Balaban J connectivity index is 1.90. The second-order valence-corrected chi connectivity index (χ2v) is 5.81. The second kappa shape index (κ2) is 8.18. The number of pyridine rings is 1. The van der Waals surface area contributed by atoms with Gasteiger partial charge in [0.15, 0.2) is 0 Å². The summed E-state index contributed by atoms with van der Waals surface area (Å²) in [6, 6.07) is 15.2. The van der Waals surface area contributed by atoms with Gasteiger partial charge in [-0.25, -0.2) is 0 Å². The summed E-state index contributed by atoms with van der Waals surface area (Å²) in [6.07, 6.45) is 5.27. The van der Waals surface area contributed by atoms with Gasteiger partial charge in [0.25, 0.3) is 0 Å². The Morgan fingerprint density at radius 3 is 2.60 bits per heavy atom. The maximum Gasteiger partial charge on any atom is 0.0574 e. The van der Waals surface area contributed by atoms with Crippen LogP contribution in [0, 0.1) is 0 Å². The molecule has 1 N–H and O–H groups in total. The first-order chi connectivity index (χ1) is 9.79. The van der Waals surface area contributed by atoms with Crippen molar-refractivity contribution in [3.05, 3.63) is 64.4 Å². The van der Waals surface area contributed by atoms with Gasteiger partial charge in [-0.05, 0) is 59.4 Å². The highest BCUT2D eigenvalue weighted by molar-refractivity contribution is 9.10. The first-order valence-corrected chi connectivity index (χ1v) is 7.97. The van der Waals surface area contributed by atoms with E-state index in [4.69, 9.17) is 0 Å². The van der Waals surface area contributed by atoms with E-state index in [1.807, 2.05) is 6.20 Å². The number of nitrogens with one attached hydrogen (secondary N) is 1. The third kappa shape index (κ3) is 4.73. The van der Waals surface area contributed by atoms with Gasteiger partial charge in [0.2, 0.25) is 0 Å². The molecule has 0 fully saturated rings. The van der Waals surface area contributed by atoms with E-state index in [2.05, 4.69) is 75.6 Å². The lowest BCUT2D eigenvalue weighted by Gasteiger charge is -2.17. The van der Waals surface area contributed by atoms with E-state index in [9.17, 15) is 0 Å². The van der Waals surface area contributed by atoms with E-state index in [1.54, 1.807) is 0 Å². The molecule has 0 saturated heterocycles. The molecule has 20 heavy (non-hydrogen) atoms. The van der Waals surface area contributed by atoms with Crippen LogP contribution in [-0.2, 0) is 6.42 Å². The Labute approximate surface area is 129 Å². The van der Waals surface area contributed by atoms with Crippen LogP contribution in [0.3, 0.4) is 0 Å². The van der Waals surface area contributed by atoms with Crippen molar-refractivity contribution in [3.63, 3.8) is 0 Å². The first-order valence-electron chi connectivity index (χ1n) is 7.18. The molecule has 1 unspecified atom stereocenters. The molecule has 3 heteroatoms. The molecule has 1 aromatic heterocycles. The Kier molecular flexibility index (Phi) is 6.22. The summed E-state index contributed by atoms with van der Waals surface area (Å²) in [6.45, 7) is 3.11. The van der Waals surface area contributed by atoms with Gasteiger partial charge >= 0.3 is 0 Å². The van der Waals surface area contributed by atoms with Crippen LogP contribution in [-0.4, -0.2) is 11.5 Å². The molecule has 1 heterocycles. The molecule has 2 aromatic rings. The van der Waals surface area contributed by atoms with E-state index in [0.717, 1.165) is 29.6 Å². The summed E-state index contributed by atoms with van der Waals surface area (Å²) < 4.78 is 1.03. The van der Waals surface area contributed by atoms with Crippen molar-refractivity contribution >= 4 is 15.9 Å². The smallest absolute Gasteiger partial charge is 0.0574 e. The van der Waals surface area contributed by atoms with Crippen LogP contribution in [0.4, 0.5) is 0 Å². The molecule has 1 atom stereocenters. The number of halogens is 1. The predicted molar refractivity (Wildman–Crippen MR) is 87.7 cm³/mol. The standard InChI is InChI=1S/C17H21BrN2/c1-2-19-16(17-12-11-15(18)13-20-17)10-6-9-14-7-4-3-5-8-14/h3-5,7-8,11-13,16,19H,2,6,9-10H2,1H3. The van der Waals surface area contributed by atoms with Gasteiger partial charge in [0, 0.05) is 16.7 Å². The molecule has 0 aliphatic carbocycles. The van der Waals surface area contributed by atoms with Crippen LogP contribution in [0.15, 0.2) is 53.1 Å². The summed E-state index contributed by atoms with van der Waals surface area (Å²) >= 11 is 3.43. The van der Waals surface area contributed by atoms with Crippen LogP contribution in [0.5, 0.6) is 0 Å². The van der Waals surface area contributed by atoms with Gasteiger partial charge < -0.3 is 5.32 Å². The highest BCUT2D eigenvalue weighted by Crippen LogP contribution is 2.19. The first kappa shape index (κ1) is 15.2. The second-order valence-electron chi connectivity index (χ2n) is 4.89. The van der Waals surface area contributed by atoms with E-state index in [1.165, 1.54) is 12.0 Å². The van der Waals surface area contributed by atoms with Crippen molar-refractivity contribution in [3.8, 4) is 0 Å². The molecule has 0 aliphatic rings. The van der Waals surface area contributed by atoms with E-state index >= 15 is 0 Å². The fraction of sp³-hybridized carbons (Fsp3) is 0.353. The highest BCUT2D eigenvalue weighted by atomic mass is 79.9. The molecule has 0 amide bonds. The lowest BCUT2D eigenvalue weighted by Crippen LogP contribution is -2.22. The van der Waals surface area contributed by atoms with E-state index < -0.39 is 0 Å². The lowest BCUT2D eigenvalue weighted by atomic mass is 10.0. The van der Waals surface area contributed by atoms with Gasteiger partial charge in [-0.1, -0.05) is 37.3 Å². The van der Waals surface area contributed by atoms with Crippen molar-refractivity contribution < 1.29 is 0 Å². The summed E-state index contributed by atoms with van der Waals surface area (Å²) in [5, 5.41) is 3.53. The van der Waals surface area contributed by atoms with Crippen molar-refractivity contribution in [2.45, 2.75) is 32.2 Å². The fourth-order valence-corrected chi connectivity index (χ4v) is 2.58. The molecule has 106 valence electrons. The molecule has 2 rings (SSSR count). The summed E-state index contributed by atoms with van der Waals surface area (Å²) in [5.74, 6) is 0.